The van der Waals surface area contributed by atoms with Crippen molar-refractivity contribution in [2.45, 2.75) is 18.4 Å². The molecule has 5 nitrogen and oxygen atoms in total. The first-order valence-corrected chi connectivity index (χ1v) is 9.22. The SMILES string of the molecule is COc1ccccc1NC(=O)N1CC(CN[C@@H]2C[C@H]2c2ccccc2)C1. The number of urea groups is 1. The standard InChI is InChI=1S/C21H25N3O2/c1-26-20-10-6-5-9-18(20)23-21(25)24-13-15(14-24)12-22-19-11-17(19)16-7-3-2-4-8-16/h2-10,15,17,19,22H,11-14H2,1H3,(H,23,25)/t17-,19+/m0/s1. The van der Waals surface area contributed by atoms with Gasteiger partial charge in [0.25, 0.3) is 0 Å². The Morgan fingerprint density at radius 2 is 1.85 bits per heavy atom. The fourth-order valence-corrected chi connectivity index (χ4v) is 3.61. The van der Waals surface area contributed by atoms with Crippen molar-refractivity contribution in [1.82, 2.24) is 10.2 Å². The zero-order chi connectivity index (χ0) is 17.9. The van der Waals surface area contributed by atoms with Crippen LogP contribution in [0.1, 0.15) is 17.9 Å². The molecule has 1 saturated carbocycles. The monoisotopic (exact) mass is 351 g/mol. The molecule has 0 radical (unpaired) electrons. The van der Waals surface area contributed by atoms with E-state index in [0.29, 0.717) is 29.3 Å². The van der Waals surface area contributed by atoms with Crippen molar-refractivity contribution in [3.63, 3.8) is 0 Å². The first-order valence-electron chi connectivity index (χ1n) is 9.22. The summed E-state index contributed by atoms with van der Waals surface area (Å²) in [6.45, 7) is 2.58. The molecule has 0 aromatic heterocycles. The molecule has 0 unspecified atom stereocenters. The molecule has 1 aliphatic heterocycles. The summed E-state index contributed by atoms with van der Waals surface area (Å²) in [6.07, 6.45) is 1.22. The Kier molecular flexibility index (Phi) is 4.80. The average molecular weight is 351 g/mol. The molecule has 1 heterocycles. The minimum Gasteiger partial charge on any atom is -0.495 e. The lowest BCUT2D eigenvalue weighted by Gasteiger charge is -2.39. The molecule has 2 atom stereocenters. The third-order valence-electron chi connectivity index (χ3n) is 5.28. The molecule has 1 saturated heterocycles. The van der Waals surface area contributed by atoms with Crippen molar-refractivity contribution in [1.29, 1.82) is 0 Å². The van der Waals surface area contributed by atoms with E-state index < -0.39 is 0 Å². The Labute approximate surface area is 154 Å². The number of anilines is 1. The van der Waals surface area contributed by atoms with E-state index in [2.05, 4.69) is 41.0 Å². The van der Waals surface area contributed by atoms with Crippen LogP contribution in [0.5, 0.6) is 5.75 Å². The van der Waals surface area contributed by atoms with E-state index in [1.165, 1.54) is 12.0 Å². The fourth-order valence-electron chi connectivity index (χ4n) is 3.61. The largest absolute Gasteiger partial charge is 0.495 e. The minimum absolute atomic E-state index is 0.0562. The normalized spacial score (nSPS) is 21.8. The Hall–Kier alpha value is -2.53. The summed E-state index contributed by atoms with van der Waals surface area (Å²) in [6, 6.07) is 18.7. The van der Waals surface area contributed by atoms with Crippen molar-refractivity contribution in [2.75, 3.05) is 32.1 Å². The van der Waals surface area contributed by atoms with E-state index in [1.807, 2.05) is 29.2 Å². The zero-order valence-electron chi connectivity index (χ0n) is 15.0. The number of amides is 2. The van der Waals surface area contributed by atoms with Crippen LogP contribution in [0.4, 0.5) is 10.5 Å². The molecule has 2 aromatic carbocycles. The number of rotatable bonds is 6. The van der Waals surface area contributed by atoms with Crippen LogP contribution in [0.2, 0.25) is 0 Å². The number of para-hydroxylation sites is 2. The molecule has 0 bridgehead atoms. The van der Waals surface area contributed by atoms with Crippen molar-refractivity contribution >= 4 is 11.7 Å². The van der Waals surface area contributed by atoms with E-state index in [1.54, 1.807) is 7.11 Å². The molecule has 2 N–H and O–H groups in total. The van der Waals surface area contributed by atoms with Gasteiger partial charge in [0.1, 0.15) is 5.75 Å². The maximum Gasteiger partial charge on any atom is 0.321 e. The number of carbonyl (C=O) groups is 1. The molecule has 2 amide bonds. The lowest BCUT2D eigenvalue weighted by molar-refractivity contribution is 0.129. The summed E-state index contributed by atoms with van der Waals surface area (Å²) >= 11 is 0. The molecule has 0 spiro atoms. The number of carbonyl (C=O) groups excluding carboxylic acids is 1. The van der Waals surface area contributed by atoms with Gasteiger partial charge < -0.3 is 20.3 Å². The van der Waals surface area contributed by atoms with Crippen LogP contribution >= 0.6 is 0 Å². The smallest absolute Gasteiger partial charge is 0.321 e. The minimum atomic E-state index is -0.0562. The summed E-state index contributed by atoms with van der Waals surface area (Å²) in [7, 11) is 1.61. The van der Waals surface area contributed by atoms with Gasteiger partial charge in [-0.05, 0) is 24.1 Å². The number of methoxy groups -OCH3 is 1. The third kappa shape index (κ3) is 3.68. The number of nitrogens with zero attached hydrogens (tertiary/aromatic N) is 1. The number of hydrogen-bond acceptors (Lipinski definition) is 3. The molecule has 2 aromatic rings. The van der Waals surface area contributed by atoms with Gasteiger partial charge in [0.15, 0.2) is 0 Å². The topological polar surface area (TPSA) is 53.6 Å². The number of hydrogen-bond donors (Lipinski definition) is 2. The lowest BCUT2D eigenvalue weighted by Crippen LogP contribution is -2.54. The van der Waals surface area contributed by atoms with Gasteiger partial charge in [-0.15, -0.1) is 0 Å². The predicted octanol–water partition coefficient (Wildman–Crippen LogP) is 3.30. The van der Waals surface area contributed by atoms with Gasteiger partial charge in [0, 0.05) is 37.5 Å². The summed E-state index contributed by atoms with van der Waals surface area (Å²) in [4.78, 5) is 14.2. The van der Waals surface area contributed by atoms with E-state index in [4.69, 9.17) is 4.74 Å². The van der Waals surface area contributed by atoms with Gasteiger partial charge in [0.2, 0.25) is 0 Å². The summed E-state index contributed by atoms with van der Waals surface area (Å²) in [5.74, 6) is 1.87. The molecular formula is C21H25N3O2. The van der Waals surface area contributed by atoms with Crippen molar-refractivity contribution in [3.05, 3.63) is 60.2 Å². The van der Waals surface area contributed by atoms with Crippen LogP contribution in [0, 0.1) is 5.92 Å². The number of benzene rings is 2. The Morgan fingerprint density at radius 3 is 2.62 bits per heavy atom. The van der Waals surface area contributed by atoms with Crippen LogP contribution in [-0.4, -0.2) is 43.7 Å². The predicted molar refractivity (Wildman–Crippen MR) is 103 cm³/mol. The quantitative estimate of drug-likeness (QED) is 0.840. The number of likely N-dealkylation sites (tertiary alicyclic amines) is 1. The Balaban J connectivity index is 1.18. The Bertz CT molecular complexity index is 759. The van der Waals surface area contributed by atoms with E-state index in [0.717, 1.165) is 19.6 Å². The van der Waals surface area contributed by atoms with Crippen molar-refractivity contribution < 1.29 is 9.53 Å². The second-order valence-corrected chi connectivity index (χ2v) is 7.17. The van der Waals surface area contributed by atoms with Crippen LogP contribution in [0.15, 0.2) is 54.6 Å². The second kappa shape index (κ2) is 7.38. The lowest BCUT2D eigenvalue weighted by atomic mass is 10.0. The van der Waals surface area contributed by atoms with Crippen LogP contribution in [0.25, 0.3) is 0 Å². The van der Waals surface area contributed by atoms with Gasteiger partial charge in [0.05, 0.1) is 12.8 Å². The number of ether oxygens (including phenoxy) is 1. The van der Waals surface area contributed by atoms with E-state index in [9.17, 15) is 4.79 Å². The maximum atomic E-state index is 12.3. The summed E-state index contributed by atoms with van der Waals surface area (Å²) < 4.78 is 5.27. The highest BCUT2D eigenvalue weighted by atomic mass is 16.5. The van der Waals surface area contributed by atoms with Crippen LogP contribution < -0.4 is 15.4 Å². The van der Waals surface area contributed by atoms with Gasteiger partial charge in [-0.3, -0.25) is 0 Å². The second-order valence-electron chi connectivity index (χ2n) is 7.17. The molecule has 2 aliphatic rings. The zero-order valence-corrected chi connectivity index (χ0v) is 15.0. The molecule has 26 heavy (non-hydrogen) atoms. The van der Waals surface area contributed by atoms with Gasteiger partial charge in [-0.2, -0.15) is 0 Å². The fraction of sp³-hybridized carbons (Fsp3) is 0.381. The van der Waals surface area contributed by atoms with Crippen LogP contribution in [-0.2, 0) is 0 Å². The van der Waals surface area contributed by atoms with Crippen LogP contribution in [0.3, 0.4) is 0 Å². The molecular weight excluding hydrogens is 326 g/mol. The highest BCUT2D eigenvalue weighted by Crippen LogP contribution is 2.40. The first kappa shape index (κ1) is 16.9. The van der Waals surface area contributed by atoms with E-state index >= 15 is 0 Å². The molecule has 136 valence electrons. The van der Waals surface area contributed by atoms with Crippen molar-refractivity contribution in [3.8, 4) is 5.75 Å². The molecule has 4 rings (SSSR count). The average Bonchev–Trinajstić information content (AvgIpc) is 3.41. The highest BCUT2D eigenvalue weighted by Gasteiger charge is 2.39. The first-order chi connectivity index (χ1) is 12.7. The van der Waals surface area contributed by atoms with Crippen molar-refractivity contribution in [2.24, 2.45) is 5.92 Å². The molecule has 1 aliphatic carbocycles. The van der Waals surface area contributed by atoms with E-state index in [-0.39, 0.29) is 6.03 Å². The number of nitrogens with one attached hydrogen (secondary N) is 2. The molecule has 5 heteroatoms. The van der Waals surface area contributed by atoms with Gasteiger partial charge >= 0.3 is 6.03 Å². The van der Waals surface area contributed by atoms with Gasteiger partial charge in [-0.25, -0.2) is 4.79 Å². The third-order valence-corrected chi connectivity index (χ3v) is 5.28. The maximum absolute atomic E-state index is 12.3. The summed E-state index contributed by atoms with van der Waals surface area (Å²) in [5.41, 5.74) is 2.14. The molecule has 2 fully saturated rings. The summed E-state index contributed by atoms with van der Waals surface area (Å²) in [5, 5.41) is 6.59. The highest BCUT2D eigenvalue weighted by molar-refractivity contribution is 5.91. The van der Waals surface area contributed by atoms with Gasteiger partial charge in [-0.1, -0.05) is 42.5 Å². The Morgan fingerprint density at radius 1 is 1.12 bits per heavy atom.